The van der Waals surface area contributed by atoms with Gasteiger partial charge in [0, 0.05) is 12.1 Å². The van der Waals surface area contributed by atoms with Gasteiger partial charge in [0.25, 0.3) is 5.69 Å². The quantitative estimate of drug-likeness (QED) is 0.132. The van der Waals surface area contributed by atoms with Crippen molar-refractivity contribution in [2.45, 2.75) is 20.1 Å². The Hall–Kier alpha value is -3.54. The molecule has 3 rings (SSSR count). The molecular weight excluding hydrogens is 565 g/mol. The van der Waals surface area contributed by atoms with Gasteiger partial charge in [-0.25, -0.2) is 0 Å². The van der Waals surface area contributed by atoms with E-state index < -0.39 is 4.92 Å². The number of hydrogen-bond donors (Lipinski definition) is 1. The Kier molecular flexibility index (Phi) is 9.53. The molecule has 0 bridgehead atoms. The fourth-order valence-electron chi connectivity index (χ4n) is 3.18. The first kappa shape index (κ1) is 26.1. The van der Waals surface area contributed by atoms with E-state index in [1.54, 1.807) is 32.6 Å². The summed E-state index contributed by atoms with van der Waals surface area (Å²) in [7, 11) is 3.20. The van der Waals surface area contributed by atoms with Crippen LogP contribution in [0.5, 0.6) is 23.0 Å². The van der Waals surface area contributed by atoms with Gasteiger partial charge in [-0.2, -0.15) is 5.10 Å². The van der Waals surface area contributed by atoms with Crippen LogP contribution in [-0.4, -0.2) is 32.0 Å². The highest BCUT2D eigenvalue weighted by atomic mass is 127. The van der Waals surface area contributed by atoms with Gasteiger partial charge in [0.15, 0.2) is 23.0 Å². The van der Waals surface area contributed by atoms with Crippen LogP contribution in [0.1, 0.15) is 23.6 Å². The Morgan fingerprint density at radius 1 is 0.971 bits per heavy atom. The first-order chi connectivity index (χ1) is 16.9. The van der Waals surface area contributed by atoms with E-state index in [1.807, 2.05) is 37.3 Å². The molecule has 9 nitrogen and oxygen atoms in total. The summed E-state index contributed by atoms with van der Waals surface area (Å²) in [6.07, 6.45) is 1.71. The monoisotopic (exact) mass is 591 g/mol. The number of rotatable bonds is 12. The lowest BCUT2D eigenvalue weighted by atomic mass is 10.2. The van der Waals surface area contributed by atoms with Crippen LogP contribution in [0.4, 0.5) is 5.69 Å². The summed E-state index contributed by atoms with van der Waals surface area (Å²) >= 11 is 2.19. The standard InChI is InChI=1S/C25H26IN3O6/c1-4-34-24-13-19(15-28-27-14-18-7-10-22(32-2)23(12-18)33-3)11-21(26)25(24)35-16-17-5-8-20(9-6-17)29(30)31/h5-13,15,27H,4,14,16H2,1-3H3/b28-15+. The summed E-state index contributed by atoms with van der Waals surface area (Å²) in [6.45, 7) is 3.15. The summed E-state index contributed by atoms with van der Waals surface area (Å²) in [5.41, 5.74) is 5.74. The molecule has 0 unspecified atom stereocenters. The van der Waals surface area contributed by atoms with Crippen molar-refractivity contribution in [3.05, 3.63) is 85.0 Å². The number of nitrogens with zero attached hydrogens (tertiary/aromatic N) is 2. The highest BCUT2D eigenvalue weighted by Crippen LogP contribution is 2.34. The Balaban J connectivity index is 1.66. The van der Waals surface area contributed by atoms with Crippen LogP contribution in [0.3, 0.4) is 0 Å². The van der Waals surface area contributed by atoms with E-state index in [9.17, 15) is 10.1 Å². The highest BCUT2D eigenvalue weighted by molar-refractivity contribution is 14.1. The van der Waals surface area contributed by atoms with Gasteiger partial charge in [0.05, 0.1) is 42.1 Å². The third-order valence-corrected chi connectivity index (χ3v) is 5.70. The molecule has 0 heterocycles. The van der Waals surface area contributed by atoms with Crippen LogP contribution >= 0.6 is 22.6 Å². The lowest BCUT2D eigenvalue weighted by Crippen LogP contribution is -2.06. The van der Waals surface area contributed by atoms with Gasteiger partial charge in [0.1, 0.15) is 6.61 Å². The minimum Gasteiger partial charge on any atom is -0.493 e. The van der Waals surface area contributed by atoms with Crippen LogP contribution in [0, 0.1) is 13.7 Å². The van der Waals surface area contributed by atoms with Crippen LogP contribution in [0.15, 0.2) is 59.7 Å². The predicted octanol–water partition coefficient (Wildman–Crippen LogP) is 5.32. The molecule has 35 heavy (non-hydrogen) atoms. The van der Waals surface area contributed by atoms with E-state index in [-0.39, 0.29) is 12.3 Å². The van der Waals surface area contributed by atoms with E-state index in [1.165, 1.54) is 12.1 Å². The van der Waals surface area contributed by atoms with E-state index >= 15 is 0 Å². The fraction of sp³-hybridized carbons (Fsp3) is 0.240. The molecule has 0 aliphatic carbocycles. The first-order valence-corrected chi connectivity index (χ1v) is 11.8. The molecular formula is C25H26IN3O6. The largest absolute Gasteiger partial charge is 0.493 e. The topological polar surface area (TPSA) is 104 Å². The van der Waals surface area contributed by atoms with Gasteiger partial charge in [-0.3, -0.25) is 10.1 Å². The zero-order chi connectivity index (χ0) is 25.2. The smallest absolute Gasteiger partial charge is 0.269 e. The van der Waals surface area contributed by atoms with Crippen molar-refractivity contribution in [3.63, 3.8) is 0 Å². The number of nitro benzene ring substituents is 1. The molecule has 10 heteroatoms. The number of benzene rings is 3. The zero-order valence-electron chi connectivity index (χ0n) is 19.6. The number of hydrazone groups is 1. The van der Waals surface area contributed by atoms with E-state index in [2.05, 4.69) is 33.1 Å². The highest BCUT2D eigenvalue weighted by Gasteiger charge is 2.13. The van der Waals surface area contributed by atoms with Crippen LogP contribution in [0.2, 0.25) is 0 Å². The minimum atomic E-state index is -0.427. The SMILES string of the molecule is CCOc1cc(/C=N/NCc2ccc(OC)c(OC)c2)cc(I)c1OCc1ccc([N+](=O)[O-])cc1. The van der Waals surface area contributed by atoms with Crippen molar-refractivity contribution in [3.8, 4) is 23.0 Å². The Bertz CT molecular complexity index is 1180. The number of methoxy groups -OCH3 is 2. The van der Waals surface area contributed by atoms with Crippen LogP contribution in [0.25, 0.3) is 0 Å². The molecule has 0 amide bonds. The van der Waals surface area contributed by atoms with Crippen LogP contribution < -0.4 is 24.4 Å². The van der Waals surface area contributed by atoms with E-state index in [4.69, 9.17) is 18.9 Å². The summed E-state index contributed by atoms with van der Waals surface area (Å²) in [6, 6.07) is 15.8. The molecule has 3 aromatic rings. The second-order valence-corrected chi connectivity index (χ2v) is 8.42. The molecule has 0 saturated carbocycles. The maximum absolute atomic E-state index is 10.8. The Morgan fingerprint density at radius 3 is 2.34 bits per heavy atom. The fourth-order valence-corrected chi connectivity index (χ4v) is 3.96. The second-order valence-electron chi connectivity index (χ2n) is 7.26. The number of ether oxygens (including phenoxy) is 4. The Labute approximate surface area is 217 Å². The third-order valence-electron chi connectivity index (χ3n) is 4.90. The Morgan fingerprint density at radius 2 is 1.69 bits per heavy atom. The maximum atomic E-state index is 10.8. The lowest BCUT2D eigenvalue weighted by molar-refractivity contribution is -0.384. The van der Waals surface area contributed by atoms with Crippen molar-refractivity contribution in [1.82, 2.24) is 5.43 Å². The summed E-state index contributed by atoms with van der Waals surface area (Å²) in [5.74, 6) is 2.55. The normalized spacial score (nSPS) is 10.7. The molecule has 0 aromatic heterocycles. The lowest BCUT2D eigenvalue weighted by Gasteiger charge is -2.15. The average molecular weight is 591 g/mol. The molecule has 0 fully saturated rings. The molecule has 0 saturated heterocycles. The number of non-ortho nitro benzene ring substituents is 1. The van der Waals surface area contributed by atoms with Crippen molar-refractivity contribution in [1.29, 1.82) is 0 Å². The van der Waals surface area contributed by atoms with Gasteiger partial charge < -0.3 is 24.4 Å². The molecule has 0 aliphatic heterocycles. The number of nitro groups is 1. The molecule has 0 aliphatic rings. The van der Waals surface area contributed by atoms with Crippen molar-refractivity contribution >= 4 is 34.5 Å². The minimum absolute atomic E-state index is 0.0433. The number of hydrogen-bond acceptors (Lipinski definition) is 8. The first-order valence-electron chi connectivity index (χ1n) is 10.7. The van der Waals surface area contributed by atoms with Gasteiger partial charge in [-0.15, -0.1) is 0 Å². The molecule has 3 aromatic carbocycles. The maximum Gasteiger partial charge on any atom is 0.269 e. The molecule has 0 radical (unpaired) electrons. The van der Waals surface area contributed by atoms with Crippen molar-refractivity contribution in [2.75, 3.05) is 20.8 Å². The van der Waals surface area contributed by atoms with Crippen molar-refractivity contribution < 1.29 is 23.9 Å². The van der Waals surface area contributed by atoms with Crippen molar-refractivity contribution in [2.24, 2.45) is 5.10 Å². The van der Waals surface area contributed by atoms with E-state index in [0.717, 1.165) is 20.3 Å². The van der Waals surface area contributed by atoms with Gasteiger partial charge >= 0.3 is 0 Å². The zero-order valence-corrected chi connectivity index (χ0v) is 21.8. The van der Waals surface area contributed by atoms with Gasteiger partial charge in [-0.1, -0.05) is 6.07 Å². The molecule has 0 atom stereocenters. The number of halogens is 1. The molecule has 1 N–H and O–H groups in total. The predicted molar refractivity (Wildman–Crippen MR) is 142 cm³/mol. The summed E-state index contributed by atoms with van der Waals surface area (Å²) in [5, 5.41) is 15.2. The average Bonchev–Trinajstić information content (AvgIpc) is 2.86. The van der Waals surface area contributed by atoms with Gasteiger partial charge in [-0.05, 0) is 82.6 Å². The van der Waals surface area contributed by atoms with Crippen LogP contribution in [-0.2, 0) is 13.2 Å². The van der Waals surface area contributed by atoms with Gasteiger partial charge in [0.2, 0.25) is 0 Å². The number of nitrogens with one attached hydrogen (secondary N) is 1. The summed E-state index contributed by atoms with van der Waals surface area (Å²) < 4.78 is 23.2. The molecule has 0 spiro atoms. The molecule has 184 valence electrons. The second kappa shape index (κ2) is 12.8. The summed E-state index contributed by atoms with van der Waals surface area (Å²) in [4.78, 5) is 10.4. The van der Waals surface area contributed by atoms with E-state index in [0.29, 0.717) is 36.1 Å². The third kappa shape index (κ3) is 7.22.